The predicted octanol–water partition coefficient (Wildman–Crippen LogP) is 1.51. The Morgan fingerprint density at radius 1 is 1.22 bits per heavy atom. The van der Waals surface area contributed by atoms with Gasteiger partial charge in [-0.25, -0.2) is 13.2 Å². The van der Waals surface area contributed by atoms with Crippen molar-refractivity contribution in [2.75, 3.05) is 37.7 Å². The summed E-state index contributed by atoms with van der Waals surface area (Å²) in [5.41, 5.74) is 2.20. The molecule has 1 heterocycles. The first-order valence-corrected chi connectivity index (χ1v) is 9.63. The summed E-state index contributed by atoms with van der Waals surface area (Å²) < 4.78 is 28.4. The first kappa shape index (κ1) is 17.6. The van der Waals surface area contributed by atoms with E-state index in [1.165, 1.54) is 0 Å². The second-order valence-corrected chi connectivity index (χ2v) is 8.10. The number of ether oxygens (including phenoxy) is 1. The molecule has 0 aromatic heterocycles. The fourth-order valence-electron chi connectivity index (χ4n) is 2.50. The van der Waals surface area contributed by atoms with Crippen LogP contribution >= 0.6 is 0 Å². The highest BCUT2D eigenvalue weighted by molar-refractivity contribution is 7.91. The summed E-state index contributed by atoms with van der Waals surface area (Å²) in [4.78, 5) is 13.5. The van der Waals surface area contributed by atoms with Gasteiger partial charge >= 0.3 is 6.03 Å². The van der Waals surface area contributed by atoms with Gasteiger partial charge in [-0.2, -0.15) is 0 Å². The van der Waals surface area contributed by atoms with Crippen LogP contribution in [0.25, 0.3) is 0 Å². The number of urea groups is 1. The Bertz CT molecular complexity index is 624. The molecule has 1 aromatic carbocycles. The average Bonchev–Trinajstić information content (AvgIpc) is 2.49. The molecule has 1 fully saturated rings. The first-order chi connectivity index (χ1) is 10.9. The summed E-state index contributed by atoms with van der Waals surface area (Å²) in [6, 6.07) is 5.81. The number of hydrogen-bond donors (Lipinski definition) is 1. The lowest BCUT2D eigenvalue weighted by molar-refractivity contribution is 0.201. The smallest absolute Gasteiger partial charge is 0.317 e. The fourth-order valence-corrected chi connectivity index (χ4v) is 3.70. The number of aryl methyl sites for hydroxylation is 2. The summed E-state index contributed by atoms with van der Waals surface area (Å²) in [6.45, 7) is 5.59. The topological polar surface area (TPSA) is 75.7 Å². The summed E-state index contributed by atoms with van der Waals surface area (Å²) >= 11 is 0. The van der Waals surface area contributed by atoms with Crippen LogP contribution in [0, 0.1) is 13.8 Å². The van der Waals surface area contributed by atoms with Gasteiger partial charge in [-0.15, -0.1) is 0 Å². The molecule has 0 spiro atoms. The number of amides is 2. The van der Waals surface area contributed by atoms with Crippen LogP contribution in [0.5, 0.6) is 5.75 Å². The number of rotatable bonds is 5. The van der Waals surface area contributed by atoms with Crippen LogP contribution in [0.2, 0.25) is 0 Å². The molecule has 0 bridgehead atoms. The molecule has 0 saturated carbocycles. The molecule has 2 rings (SSSR count). The Labute approximate surface area is 137 Å². The van der Waals surface area contributed by atoms with Crippen molar-refractivity contribution in [2.24, 2.45) is 0 Å². The lowest BCUT2D eigenvalue weighted by Crippen LogP contribution is -2.48. The molecular weight excluding hydrogens is 316 g/mol. The number of nitrogens with zero attached hydrogens (tertiary/aromatic N) is 1. The average molecular weight is 340 g/mol. The molecule has 0 aliphatic carbocycles. The molecule has 2 amide bonds. The Kier molecular flexibility index (Phi) is 5.87. The van der Waals surface area contributed by atoms with E-state index < -0.39 is 9.84 Å². The normalized spacial score (nSPS) is 16.9. The van der Waals surface area contributed by atoms with Gasteiger partial charge in [0, 0.05) is 19.6 Å². The van der Waals surface area contributed by atoms with Crippen molar-refractivity contribution in [1.29, 1.82) is 0 Å². The van der Waals surface area contributed by atoms with Crippen LogP contribution in [-0.4, -0.2) is 57.1 Å². The van der Waals surface area contributed by atoms with Crippen molar-refractivity contribution in [3.8, 4) is 5.75 Å². The van der Waals surface area contributed by atoms with E-state index in [2.05, 4.69) is 5.32 Å². The third-order valence-electron chi connectivity index (χ3n) is 3.88. The summed E-state index contributed by atoms with van der Waals surface area (Å²) in [6.07, 6.45) is 0.700. The van der Waals surface area contributed by atoms with Crippen LogP contribution in [0.1, 0.15) is 17.5 Å². The quantitative estimate of drug-likeness (QED) is 0.825. The standard InChI is InChI=1S/C16H24N2O4S/c1-13-5-3-6-14(2)15(13)22-10-4-7-17-16(19)18-8-11-23(20,21)12-9-18/h3,5-6H,4,7-12H2,1-2H3,(H,17,19). The van der Waals surface area contributed by atoms with E-state index in [-0.39, 0.29) is 30.6 Å². The van der Waals surface area contributed by atoms with E-state index in [9.17, 15) is 13.2 Å². The summed E-state index contributed by atoms with van der Waals surface area (Å²) in [7, 11) is -2.96. The first-order valence-electron chi connectivity index (χ1n) is 7.81. The van der Waals surface area contributed by atoms with Gasteiger partial charge in [-0.05, 0) is 31.4 Å². The molecule has 1 aliphatic heterocycles. The van der Waals surface area contributed by atoms with Crippen LogP contribution in [0.3, 0.4) is 0 Å². The van der Waals surface area contributed by atoms with Gasteiger partial charge in [0.1, 0.15) is 5.75 Å². The summed E-state index contributed by atoms with van der Waals surface area (Å²) in [5, 5.41) is 2.81. The largest absolute Gasteiger partial charge is 0.493 e. The lowest BCUT2D eigenvalue weighted by atomic mass is 10.1. The van der Waals surface area contributed by atoms with Crippen molar-refractivity contribution < 1.29 is 17.9 Å². The zero-order valence-electron chi connectivity index (χ0n) is 13.7. The monoisotopic (exact) mass is 340 g/mol. The van der Waals surface area contributed by atoms with Gasteiger partial charge in [0.05, 0.1) is 18.1 Å². The van der Waals surface area contributed by atoms with Gasteiger partial charge in [0.25, 0.3) is 0 Å². The maximum absolute atomic E-state index is 11.9. The molecule has 1 N–H and O–H groups in total. The van der Waals surface area contributed by atoms with Gasteiger partial charge < -0.3 is 15.0 Å². The van der Waals surface area contributed by atoms with Crippen molar-refractivity contribution >= 4 is 15.9 Å². The van der Waals surface area contributed by atoms with Gasteiger partial charge in [-0.1, -0.05) is 18.2 Å². The van der Waals surface area contributed by atoms with Crippen LogP contribution < -0.4 is 10.1 Å². The van der Waals surface area contributed by atoms with Crippen LogP contribution in [-0.2, 0) is 9.84 Å². The second-order valence-electron chi connectivity index (χ2n) is 5.79. The highest BCUT2D eigenvalue weighted by Crippen LogP contribution is 2.22. The Hall–Kier alpha value is -1.76. The maximum Gasteiger partial charge on any atom is 0.317 e. The number of nitrogens with one attached hydrogen (secondary N) is 1. The van der Waals surface area contributed by atoms with E-state index in [0.29, 0.717) is 19.6 Å². The van der Waals surface area contributed by atoms with Crippen molar-refractivity contribution in [1.82, 2.24) is 10.2 Å². The zero-order valence-corrected chi connectivity index (χ0v) is 14.5. The fraction of sp³-hybridized carbons (Fsp3) is 0.562. The molecule has 1 aromatic rings. The summed E-state index contributed by atoms with van der Waals surface area (Å²) in [5.74, 6) is 1.01. The van der Waals surface area contributed by atoms with E-state index in [4.69, 9.17) is 4.74 Å². The van der Waals surface area contributed by atoms with E-state index in [0.717, 1.165) is 16.9 Å². The molecule has 0 unspecified atom stereocenters. The number of sulfone groups is 1. The Morgan fingerprint density at radius 3 is 2.43 bits per heavy atom. The van der Waals surface area contributed by atoms with Crippen molar-refractivity contribution in [3.63, 3.8) is 0 Å². The van der Waals surface area contributed by atoms with E-state index >= 15 is 0 Å². The number of carbonyl (C=O) groups is 1. The zero-order chi connectivity index (χ0) is 16.9. The molecule has 1 saturated heterocycles. The molecule has 128 valence electrons. The molecule has 0 atom stereocenters. The second kappa shape index (κ2) is 7.68. The van der Waals surface area contributed by atoms with Gasteiger partial charge in [-0.3, -0.25) is 0 Å². The molecule has 7 heteroatoms. The third-order valence-corrected chi connectivity index (χ3v) is 5.49. The van der Waals surface area contributed by atoms with Crippen molar-refractivity contribution in [3.05, 3.63) is 29.3 Å². The van der Waals surface area contributed by atoms with E-state index in [1.807, 2.05) is 32.0 Å². The molecule has 1 aliphatic rings. The number of para-hydroxylation sites is 1. The molecular formula is C16H24N2O4S. The van der Waals surface area contributed by atoms with Gasteiger partial charge in [0.15, 0.2) is 9.84 Å². The molecule has 23 heavy (non-hydrogen) atoms. The number of carbonyl (C=O) groups excluding carboxylic acids is 1. The van der Waals surface area contributed by atoms with Crippen LogP contribution in [0.15, 0.2) is 18.2 Å². The minimum atomic E-state index is -2.96. The van der Waals surface area contributed by atoms with Crippen LogP contribution in [0.4, 0.5) is 4.79 Å². The minimum Gasteiger partial charge on any atom is -0.493 e. The SMILES string of the molecule is Cc1cccc(C)c1OCCCNC(=O)N1CCS(=O)(=O)CC1. The number of hydrogen-bond acceptors (Lipinski definition) is 4. The Morgan fingerprint density at radius 2 is 1.83 bits per heavy atom. The minimum absolute atomic E-state index is 0.0517. The molecule has 0 radical (unpaired) electrons. The van der Waals surface area contributed by atoms with Crippen molar-refractivity contribution in [2.45, 2.75) is 20.3 Å². The maximum atomic E-state index is 11.9. The predicted molar refractivity (Wildman–Crippen MR) is 89.7 cm³/mol. The molecule has 6 nitrogen and oxygen atoms in total. The lowest BCUT2D eigenvalue weighted by Gasteiger charge is -2.26. The number of benzene rings is 1. The van der Waals surface area contributed by atoms with Gasteiger partial charge in [0.2, 0.25) is 0 Å². The van der Waals surface area contributed by atoms with E-state index in [1.54, 1.807) is 4.90 Å². The highest BCUT2D eigenvalue weighted by Gasteiger charge is 2.24. The Balaban J connectivity index is 1.67. The highest BCUT2D eigenvalue weighted by atomic mass is 32.2. The third kappa shape index (κ3) is 5.13.